The van der Waals surface area contributed by atoms with Crippen LogP contribution in [0.2, 0.25) is 0 Å². The van der Waals surface area contributed by atoms with E-state index in [1.165, 1.54) is 12.1 Å². The molecule has 110 valence electrons. The van der Waals surface area contributed by atoms with Crippen LogP contribution < -0.4 is 10.6 Å². The van der Waals surface area contributed by atoms with Gasteiger partial charge in [0.05, 0.1) is 11.7 Å². The summed E-state index contributed by atoms with van der Waals surface area (Å²) < 4.78 is 39.6. The SMILES string of the molecule is Nc1ccc(N2C3CCC2CC(O)C3)c(C(F)(F)F)c1. The molecule has 2 aliphatic heterocycles. The largest absolute Gasteiger partial charge is 0.418 e. The number of benzene rings is 1. The number of anilines is 2. The van der Waals surface area contributed by atoms with Crippen LogP contribution in [0.3, 0.4) is 0 Å². The molecule has 3 nitrogen and oxygen atoms in total. The molecule has 0 aromatic heterocycles. The molecular weight excluding hydrogens is 269 g/mol. The molecule has 2 heterocycles. The molecule has 3 N–H and O–H groups in total. The van der Waals surface area contributed by atoms with Gasteiger partial charge in [0, 0.05) is 23.5 Å². The van der Waals surface area contributed by atoms with Crippen LogP contribution in [0.4, 0.5) is 24.5 Å². The number of hydrogen-bond donors (Lipinski definition) is 2. The zero-order chi connectivity index (χ0) is 14.5. The minimum absolute atomic E-state index is 0.00604. The quantitative estimate of drug-likeness (QED) is 0.780. The van der Waals surface area contributed by atoms with E-state index in [1.54, 1.807) is 0 Å². The molecule has 3 rings (SSSR count). The number of nitrogens with zero attached hydrogens (tertiary/aromatic N) is 1. The van der Waals surface area contributed by atoms with E-state index in [1.807, 2.05) is 4.90 Å². The lowest BCUT2D eigenvalue weighted by Gasteiger charge is -2.40. The predicted octanol–water partition coefficient (Wildman–Crippen LogP) is 2.78. The van der Waals surface area contributed by atoms with Gasteiger partial charge in [0.25, 0.3) is 0 Å². The van der Waals surface area contributed by atoms with Gasteiger partial charge >= 0.3 is 6.18 Å². The van der Waals surface area contributed by atoms with E-state index in [0.29, 0.717) is 12.8 Å². The Morgan fingerprint density at radius 1 is 1.15 bits per heavy atom. The van der Waals surface area contributed by atoms with E-state index in [2.05, 4.69) is 0 Å². The molecule has 2 atom stereocenters. The monoisotopic (exact) mass is 286 g/mol. The van der Waals surface area contributed by atoms with Gasteiger partial charge in [-0.05, 0) is 43.9 Å². The molecule has 20 heavy (non-hydrogen) atoms. The lowest BCUT2D eigenvalue weighted by atomic mass is 9.97. The van der Waals surface area contributed by atoms with Crippen molar-refractivity contribution in [3.05, 3.63) is 23.8 Å². The highest BCUT2D eigenvalue weighted by Crippen LogP contribution is 2.45. The van der Waals surface area contributed by atoms with E-state index >= 15 is 0 Å². The Labute approximate surface area is 115 Å². The maximum absolute atomic E-state index is 13.2. The fourth-order valence-corrected chi connectivity index (χ4v) is 3.55. The van der Waals surface area contributed by atoms with Crippen molar-refractivity contribution >= 4 is 11.4 Å². The highest BCUT2D eigenvalue weighted by Gasteiger charge is 2.44. The maximum Gasteiger partial charge on any atom is 0.418 e. The highest BCUT2D eigenvalue weighted by molar-refractivity contribution is 5.62. The van der Waals surface area contributed by atoms with Gasteiger partial charge in [0.1, 0.15) is 0 Å². The number of piperidine rings is 1. The van der Waals surface area contributed by atoms with Crippen LogP contribution in [0, 0.1) is 0 Å². The molecule has 2 fully saturated rings. The van der Waals surface area contributed by atoms with Crippen molar-refractivity contribution < 1.29 is 18.3 Å². The topological polar surface area (TPSA) is 49.5 Å². The molecule has 0 amide bonds. The molecule has 6 heteroatoms. The third-order valence-corrected chi connectivity index (χ3v) is 4.31. The molecule has 0 aliphatic carbocycles. The number of fused-ring (bicyclic) bond motifs is 2. The number of hydrogen-bond acceptors (Lipinski definition) is 3. The summed E-state index contributed by atoms with van der Waals surface area (Å²) >= 11 is 0. The maximum atomic E-state index is 13.2. The van der Waals surface area contributed by atoms with Gasteiger partial charge in [0.2, 0.25) is 0 Å². The second kappa shape index (κ2) is 4.55. The van der Waals surface area contributed by atoms with E-state index < -0.39 is 17.8 Å². The third-order valence-electron chi connectivity index (χ3n) is 4.31. The molecule has 1 aromatic rings. The minimum atomic E-state index is -4.42. The molecule has 0 radical (unpaired) electrons. The minimum Gasteiger partial charge on any atom is -0.399 e. The third kappa shape index (κ3) is 2.22. The summed E-state index contributed by atoms with van der Waals surface area (Å²) in [7, 11) is 0. The molecule has 1 aromatic carbocycles. The van der Waals surface area contributed by atoms with Gasteiger partial charge in [-0.25, -0.2) is 0 Å². The van der Waals surface area contributed by atoms with Crippen molar-refractivity contribution in [2.24, 2.45) is 0 Å². The van der Waals surface area contributed by atoms with E-state index in [0.717, 1.165) is 18.9 Å². The van der Waals surface area contributed by atoms with Crippen LogP contribution in [-0.2, 0) is 6.18 Å². The van der Waals surface area contributed by atoms with Crippen molar-refractivity contribution in [2.45, 2.75) is 50.0 Å². The highest BCUT2D eigenvalue weighted by atomic mass is 19.4. The standard InChI is InChI=1S/C14H17F3N2O/c15-14(16,17)12-5-8(18)1-4-13(12)19-9-2-3-10(19)7-11(20)6-9/h1,4-5,9-11,20H,2-3,6-7,18H2. The van der Waals surface area contributed by atoms with Gasteiger partial charge in [0.15, 0.2) is 0 Å². The Morgan fingerprint density at radius 3 is 2.30 bits per heavy atom. The second-order valence-corrected chi connectivity index (χ2v) is 5.69. The summed E-state index contributed by atoms with van der Waals surface area (Å²) in [5, 5.41) is 9.76. The van der Waals surface area contributed by atoms with Gasteiger partial charge in [-0.15, -0.1) is 0 Å². The summed E-state index contributed by atoms with van der Waals surface area (Å²) in [6.45, 7) is 0. The van der Waals surface area contributed by atoms with E-state index in [9.17, 15) is 18.3 Å². The first-order valence-corrected chi connectivity index (χ1v) is 6.79. The first kappa shape index (κ1) is 13.5. The molecule has 0 spiro atoms. The molecule has 2 unspecified atom stereocenters. The Balaban J connectivity index is 2.03. The Morgan fingerprint density at radius 2 is 1.75 bits per heavy atom. The summed E-state index contributed by atoms with van der Waals surface area (Å²) in [5.74, 6) is 0. The van der Waals surface area contributed by atoms with Crippen molar-refractivity contribution in [1.29, 1.82) is 0 Å². The predicted molar refractivity (Wildman–Crippen MR) is 70.4 cm³/mol. The average molecular weight is 286 g/mol. The zero-order valence-electron chi connectivity index (χ0n) is 10.9. The Kier molecular flexibility index (Phi) is 3.08. The normalized spacial score (nSPS) is 29.8. The van der Waals surface area contributed by atoms with E-state index in [4.69, 9.17) is 5.73 Å². The number of aliphatic hydroxyl groups is 1. The second-order valence-electron chi connectivity index (χ2n) is 5.69. The smallest absolute Gasteiger partial charge is 0.399 e. The zero-order valence-corrected chi connectivity index (χ0v) is 10.9. The number of aliphatic hydroxyl groups excluding tert-OH is 1. The van der Waals surface area contributed by atoms with Crippen molar-refractivity contribution in [3.63, 3.8) is 0 Å². The number of alkyl halides is 3. The number of halogens is 3. The summed E-state index contributed by atoms with van der Waals surface area (Å²) in [6.07, 6.45) is -2.06. The molecule has 2 bridgehead atoms. The molecular formula is C14H17F3N2O. The first-order chi connectivity index (χ1) is 9.36. The summed E-state index contributed by atoms with van der Waals surface area (Å²) in [5.41, 5.74) is 5.14. The van der Waals surface area contributed by atoms with Crippen molar-refractivity contribution in [3.8, 4) is 0 Å². The summed E-state index contributed by atoms with van der Waals surface area (Å²) in [6, 6.07) is 3.96. The fourth-order valence-electron chi connectivity index (χ4n) is 3.55. The van der Waals surface area contributed by atoms with Crippen molar-refractivity contribution in [2.75, 3.05) is 10.6 Å². The number of nitrogen functional groups attached to an aromatic ring is 1. The Bertz CT molecular complexity index is 504. The van der Waals surface area contributed by atoms with Gasteiger partial charge in [-0.2, -0.15) is 13.2 Å². The molecule has 0 saturated carbocycles. The van der Waals surface area contributed by atoms with Crippen LogP contribution in [0.1, 0.15) is 31.2 Å². The van der Waals surface area contributed by atoms with Crippen LogP contribution in [0.5, 0.6) is 0 Å². The number of nitrogens with two attached hydrogens (primary N) is 1. The van der Waals surface area contributed by atoms with Crippen LogP contribution in [0.15, 0.2) is 18.2 Å². The lowest BCUT2D eigenvalue weighted by Crippen LogP contribution is -2.45. The van der Waals surface area contributed by atoms with Crippen LogP contribution in [-0.4, -0.2) is 23.3 Å². The van der Waals surface area contributed by atoms with Gasteiger partial charge in [-0.1, -0.05) is 0 Å². The van der Waals surface area contributed by atoms with Crippen LogP contribution in [0.25, 0.3) is 0 Å². The average Bonchev–Trinajstić information content (AvgIpc) is 2.61. The fraction of sp³-hybridized carbons (Fsp3) is 0.571. The van der Waals surface area contributed by atoms with Gasteiger partial charge in [-0.3, -0.25) is 0 Å². The van der Waals surface area contributed by atoms with Crippen molar-refractivity contribution in [1.82, 2.24) is 0 Å². The van der Waals surface area contributed by atoms with E-state index in [-0.39, 0.29) is 23.5 Å². The first-order valence-electron chi connectivity index (χ1n) is 6.79. The van der Waals surface area contributed by atoms with Crippen LogP contribution >= 0.6 is 0 Å². The lowest BCUT2D eigenvalue weighted by molar-refractivity contribution is -0.137. The molecule has 2 aliphatic rings. The Hall–Kier alpha value is -1.43. The van der Waals surface area contributed by atoms with Gasteiger partial charge < -0.3 is 15.7 Å². The summed E-state index contributed by atoms with van der Waals surface area (Å²) in [4.78, 5) is 1.84. The number of rotatable bonds is 1. The molecule has 2 saturated heterocycles.